The summed E-state index contributed by atoms with van der Waals surface area (Å²) in [5, 5.41) is 16.4. The Labute approximate surface area is 171 Å². The molecule has 1 aromatic carbocycles. The highest BCUT2D eigenvalue weighted by molar-refractivity contribution is 5.79. The van der Waals surface area contributed by atoms with E-state index in [1.54, 1.807) is 4.90 Å². The molecule has 1 aromatic heterocycles. The van der Waals surface area contributed by atoms with Gasteiger partial charge in [-0.2, -0.15) is 5.10 Å². The molecule has 0 radical (unpaired) electrons. The maximum Gasteiger partial charge on any atom is 0.410 e. The van der Waals surface area contributed by atoms with Crippen LogP contribution < -0.4 is 0 Å². The summed E-state index contributed by atoms with van der Waals surface area (Å²) >= 11 is 0. The number of carbonyl (C=O) groups is 1. The third-order valence-corrected chi connectivity index (χ3v) is 5.71. The van der Waals surface area contributed by atoms with Crippen molar-refractivity contribution in [2.45, 2.75) is 70.3 Å². The lowest BCUT2D eigenvalue weighted by molar-refractivity contribution is -0.0367. The second kappa shape index (κ2) is 7.95. The molecule has 29 heavy (non-hydrogen) atoms. The third-order valence-electron chi connectivity index (χ3n) is 5.71. The first kappa shape index (κ1) is 20.2. The molecule has 158 valence electrons. The zero-order valence-corrected chi connectivity index (χ0v) is 17.5. The predicted octanol–water partition coefficient (Wildman–Crippen LogP) is 3.82. The number of aromatic nitrogens is 2. The van der Waals surface area contributed by atoms with E-state index in [0.29, 0.717) is 13.0 Å². The van der Waals surface area contributed by atoms with E-state index < -0.39 is 11.7 Å². The third kappa shape index (κ3) is 4.41. The van der Waals surface area contributed by atoms with Crippen molar-refractivity contribution >= 4 is 17.0 Å². The molecule has 2 aliphatic rings. The van der Waals surface area contributed by atoms with E-state index in [1.807, 2.05) is 31.6 Å². The summed E-state index contributed by atoms with van der Waals surface area (Å²) in [5.41, 5.74) is 1.58. The molecule has 0 saturated carbocycles. The minimum atomic E-state index is -0.629. The van der Waals surface area contributed by atoms with Crippen molar-refractivity contribution in [1.29, 1.82) is 0 Å². The van der Waals surface area contributed by atoms with Gasteiger partial charge in [0, 0.05) is 24.5 Å². The summed E-state index contributed by atoms with van der Waals surface area (Å²) in [5.74, 6) is -0.0197. The Kier molecular flexibility index (Phi) is 5.53. The number of rotatable bonds is 2. The Hall–Kier alpha value is -2.12. The number of β-amino-alcohol motifs (C(OH)–C–C–N with tert-alkyl or cyclic N) is 1. The molecule has 0 aliphatic carbocycles. The van der Waals surface area contributed by atoms with Crippen LogP contribution in [-0.2, 0) is 9.47 Å². The molecule has 7 nitrogen and oxygen atoms in total. The minimum absolute atomic E-state index is 0.0181. The summed E-state index contributed by atoms with van der Waals surface area (Å²) in [7, 11) is 0. The molecule has 4 rings (SSSR count). The number of amides is 1. The highest BCUT2D eigenvalue weighted by Gasteiger charge is 2.33. The van der Waals surface area contributed by atoms with E-state index in [0.717, 1.165) is 42.3 Å². The van der Waals surface area contributed by atoms with Crippen LogP contribution in [0.4, 0.5) is 4.79 Å². The normalized spacial score (nSPS) is 25.9. The lowest BCUT2D eigenvalue weighted by Crippen LogP contribution is -2.47. The maximum atomic E-state index is 12.3. The number of hydrogen-bond acceptors (Lipinski definition) is 5. The molecule has 2 aromatic rings. The number of nitrogens with zero attached hydrogens (tertiary/aromatic N) is 3. The second-order valence-corrected chi connectivity index (χ2v) is 9.12. The van der Waals surface area contributed by atoms with E-state index in [9.17, 15) is 9.90 Å². The number of piperidine rings is 1. The Morgan fingerprint density at radius 2 is 2.10 bits per heavy atom. The minimum Gasteiger partial charge on any atom is -0.444 e. The van der Waals surface area contributed by atoms with Crippen LogP contribution in [0.25, 0.3) is 10.9 Å². The number of fused-ring (bicyclic) bond motifs is 1. The van der Waals surface area contributed by atoms with E-state index in [4.69, 9.17) is 9.47 Å². The van der Waals surface area contributed by atoms with Gasteiger partial charge in [0.25, 0.3) is 0 Å². The number of benzene rings is 1. The van der Waals surface area contributed by atoms with Gasteiger partial charge >= 0.3 is 6.09 Å². The highest BCUT2D eigenvalue weighted by Crippen LogP contribution is 2.33. The first-order chi connectivity index (χ1) is 13.8. The van der Waals surface area contributed by atoms with Crippen molar-refractivity contribution in [3.63, 3.8) is 0 Å². The Morgan fingerprint density at radius 1 is 1.28 bits per heavy atom. The van der Waals surface area contributed by atoms with Crippen molar-refractivity contribution in [2.75, 3.05) is 19.7 Å². The van der Waals surface area contributed by atoms with Gasteiger partial charge in [-0.1, -0.05) is 12.1 Å². The largest absolute Gasteiger partial charge is 0.444 e. The van der Waals surface area contributed by atoms with E-state index in [1.165, 1.54) is 0 Å². The Balaban J connectivity index is 1.50. The van der Waals surface area contributed by atoms with Gasteiger partial charge in [0.05, 0.1) is 24.4 Å². The number of ether oxygens (including phenoxy) is 2. The molecule has 2 aliphatic heterocycles. The van der Waals surface area contributed by atoms with Crippen LogP contribution >= 0.6 is 0 Å². The van der Waals surface area contributed by atoms with Gasteiger partial charge in [-0.25, -0.2) is 9.48 Å². The van der Waals surface area contributed by atoms with Crippen LogP contribution in [-0.4, -0.2) is 57.3 Å². The number of likely N-dealkylation sites (tertiary alicyclic amines) is 1. The summed E-state index contributed by atoms with van der Waals surface area (Å²) in [6.45, 7) is 7.17. The van der Waals surface area contributed by atoms with Gasteiger partial charge in [0.1, 0.15) is 5.60 Å². The van der Waals surface area contributed by atoms with E-state index >= 15 is 0 Å². The quantitative estimate of drug-likeness (QED) is 0.828. The van der Waals surface area contributed by atoms with Crippen molar-refractivity contribution in [3.8, 4) is 0 Å². The van der Waals surface area contributed by atoms with Gasteiger partial charge in [0.2, 0.25) is 0 Å². The molecule has 2 saturated heterocycles. The van der Waals surface area contributed by atoms with Gasteiger partial charge in [-0.05, 0) is 58.1 Å². The SMILES string of the molecule is CC(C)(C)OC(=O)N1CCC(c2ccc3cnn(C4CCCCO4)c3c2)C(O)C1. The van der Waals surface area contributed by atoms with Crippen molar-refractivity contribution in [1.82, 2.24) is 14.7 Å². The van der Waals surface area contributed by atoms with Crippen LogP contribution in [0.2, 0.25) is 0 Å². The molecule has 0 spiro atoms. The summed E-state index contributed by atoms with van der Waals surface area (Å²) in [6.07, 6.45) is 4.78. The fourth-order valence-electron chi connectivity index (χ4n) is 4.24. The fourth-order valence-corrected chi connectivity index (χ4v) is 4.24. The molecule has 1 N–H and O–H groups in total. The second-order valence-electron chi connectivity index (χ2n) is 9.12. The molecule has 3 atom stereocenters. The average molecular weight is 402 g/mol. The first-order valence-electron chi connectivity index (χ1n) is 10.6. The number of aliphatic hydroxyl groups excluding tert-OH is 1. The summed E-state index contributed by atoms with van der Waals surface area (Å²) in [6, 6.07) is 6.24. The number of hydrogen-bond donors (Lipinski definition) is 1. The van der Waals surface area contributed by atoms with Crippen LogP contribution in [0.3, 0.4) is 0 Å². The zero-order chi connectivity index (χ0) is 20.6. The number of aliphatic hydroxyl groups is 1. The van der Waals surface area contributed by atoms with Crippen LogP contribution in [0.15, 0.2) is 24.4 Å². The first-order valence-corrected chi connectivity index (χ1v) is 10.6. The lowest BCUT2D eigenvalue weighted by atomic mass is 9.87. The molecular weight excluding hydrogens is 370 g/mol. The van der Waals surface area contributed by atoms with Crippen LogP contribution in [0.1, 0.15) is 64.2 Å². The van der Waals surface area contributed by atoms with Crippen LogP contribution in [0, 0.1) is 0 Å². The molecular formula is C22H31N3O4. The zero-order valence-electron chi connectivity index (χ0n) is 17.5. The van der Waals surface area contributed by atoms with Gasteiger partial charge < -0.3 is 19.5 Å². The summed E-state index contributed by atoms with van der Waals surface area (Å²) < 4.78 is 13.3. The van der Waals surface area contributed by atoms with Gasteiger partial charge in [-0.3, -0.25) is 0 Å². The van der Waals surface area contributed by atoms with Crippen molar-refractivity contribution < 1.29 is 19.4 Å². The fraction of sp³-hybridized carbons (Fsp3) is 0.636. The van der Waals surface area contributed by atoms with Crippen molar-refractivity contribution in [3.05, 3.63) is 30.0 Å². The molecule has 3 heterocycles. The molecule has 0 bridgehead atoms. The van der Waals surface area contributed by atoms with E-state index in [2.05, 4.69) is 23.3 Å². The van der Waals surface area contributed by atoms with Gasteiger partial charge in [0.15, 0.2) is 6.23 Å². The number of carbonyl (C=O) groups excluding carboxylic acids is 1. The molecule has 1 amide bonds. The Bertz CT molecular complexity index is 867. The van der Waals surface area contributed by atoms with Gasteiger partial charge in [-0.15, -0.1) is 0 Å². The standard InChI is InChI=1S/C22H31N3O4/c1-22(2,3)29-21(27)24-10-9-17(19(26)14-24)15-7-8-16-13-23-25(18(16)12-15)20-6-4-5-11-28-20/h7-8,12-13,17,19-20,26H,4-6,9-11,14H2,1-3H3. The average Bonchev–Trinajstić information content (AvgIpc) is 3.10. The predicted molar refractivity (Wildman–Crippen MR) is 110 cm³/mol. The summed E-state index contributed by atoms with van der Waals surface area (Å²) in [4.78, 5) is 13.9. The maximum absolute atomic E-state index is 12.3. The lowest BCUT2D eigenvalue weighted by Gasteiger charge is -2.37. The van der Waals surface area contributed by atoms with Crippen LogP contribution in [0.5, 0.6) is 0 Å². The smallest absolute Gasteiger partial charge is 0.410 e. The van der Waals surface area contributed by atoms with Crippen molar-refractivity contribution in [2.24, 2.45) is 0 Å². The molecule has 7 heteroatoms. The topological polar surface area (TPSA) is 76.8 Å². The van der Waals surface area contributed by atoms with E-state index in [-0.39, 0.29) is 24.8 Å². The molecule has 2 fully saturated rings. The highest BCUT2D eigenvalue weighted by atomic mass is 16.6. The molecule has 3 unspecified atom stereocenters. The monoisotopic (exact) mass is 401 g/mol. The Morgan fingerprint density at radius 3 is 2.79 bits per heavy atom.